The second kappa shape index (κ2) is 5.35. The molecule has 0 bridgehead atoms. The molecular formula is C12H14ClN3O2. The first-order valence-electron chi connectivity index (χ1n) is 5.76. The second-order valence-corrected chi connectivity index (χ2v) is 4.68. The van der Waals surface area contributed by atoms with Gasteiger partial charge in [-0.05, 0) is 25.0 Å². The number of aryl methyl sites for hydroxylation is 1. The van der Waals surface area contributed by atoms with Crippen molar-refractivity contribution in [3.05, 3.63) is 23.0 Å². The van der Waals surface area contributed by atoms with Crippen molar-refractivity contribution in [1.29, 1.82) is 0 Å². The lowest BCUT2D eigenvalue weighted by molar-refractivity contribution is -0.126. The van der Waals surface area contributed by atoms with Crippen molar-refractivity contribution in [3.63, 3.8) is 0 Å². The van der Waals surface area contributed by atoms with E-state index < -0.39 is 0 Å². The van der Waals surface area contributed by atoms with Gasteiger partial charge in [-0.1, -0.05) is 11.6 Å². The Kier molecular flexibility index (Phi) is 3.81. The number of aromatic nitrogens is 1. The van der Waals surface area contributed by atoms with Crippen LogP contribution < -0.4 is 10.6 Å². The largest absolute Gasteiger partial charge is 0.355 e. The van der Waals surface area contributed by atoms with E-state index in [9.17, 15) is 9.59 Å². The monoisotopic (exact) mass is 267 g/mol. The van der Waals surface area contributed by atoms with Crippen molar-refractivity contribution in [2.45, 2.75) is 19.8 Å². The van der Waals surface area contributed by atoms with Crippen LogP contribution >= 0.6 is 11.6 Å². The second-order valence-electron chi connectivity index (χ2n) is 4.32. The number of halogens is 1. The Balaban J connectivity index is 2.05. The van der Waals surface area contributed by atoms with Gasteiger partial charge in [0.05, 0.1) is 11.6 Å². The summed E-state index contributed by atoms with van der Waals surface area (Å²) in [5.74, 6) is -0.346. The third-order valence-corrected chi connectivity index (χ3v) is 3.28. The van der Waals surface area contributed by atoms with E-state index in [1.165, 1.54) is 0 Å². The van der Waals surface area contributed by atoms with Crippen molar-refractivity contribution in [3.8, 4) is 0 Å². The predicted octanol–water partition coefficient (Wildman–Crippen LogP) is 1.51. The van der Waals surface area contributed by atoms with E-state index in [0.717, 1.165) is 5.56 Å². The number of pyridine rings is 1. The van der Waals surface area contributed by atoms with Crippen LogP contribution in [0, 0.1) is 12.8 Å². The Morgan fingerprint density at radius 3 is 3.00 bits per heavy atom. The summed E-state index contributed by atoms with van der Waals surface area (Å²) < 4.78 is 0. The molecular weight excluding hydrogens is 254 g/mol. The normalized spacial score (nSPS) is 19.2. The molecule has 1 aromatic heterocycles. The van der Waals surface area contributed by atoms with E-state index in [-0.39, 0.29) is 22.9 Å². The van der Waals surface area contributed by atoms with E-state index in [0.29, 0.717) is 25.1 Å². The quantitative estimate of drug-likeness (QED) is 0.798. The van der Waals surface area contributed by atoms with Gasteiger partial charge < -0.3 is 10.6 Å². The number of piperidine rings is 1. The number of nitrogens with one attached hydrogen (secondary N) is 2. The van der Waals surface area contributed by atoms with Crippen LogP contribution in [0.3, 0.4) is 0 Å². The van der Waals surface area contributed by atoms with Gasteiger partial charge in [-0.3, -0.25) is 9.59 Å². The summed E-state index contributed by atoms with van der Waals surface area (Å²) >= 11 is 5.94. The van der Waals surface area contributed by atoms with Crippen molar-refractivity contribution in [1.82, 2.24) is 10.3 Å². The molecule has 2 N–H and O–H groups in total. The minimum absolute atomic E-state index is 0.00496. The molecule has 1 unspecified atom stereocenters. The van der Waals surface area contributed by atoms with Gasteiger partial charge in [-0.2, -0.15) is 0 Å². The summed E-state index contributed by atoms with van der Waals surface area (Å²) in [6.45, 7) is 2.23. The highest BCUT2D eigenvalue weighted by atomic mass is 35.5. The number of carbonyl (C=O) groups excluding carboxylic acids is 2. The van der Waals surface area contributed by atoms with Crippen LogP contribution in [0.5, 0.6) is 0 Å². The number of hydrogen-bond donors (Lipinski definition) is 2. The molecule has 1 saturated heterocycles. The number of nitrogens with zero attached hydrogens (tertiary/aromatic N) is 1. The molecule has 1 aromatic rings. The highest BCUT2D eigenvalue weighted by molar-refractivity contribution is 6.32. The average Bonchev–Trinajstić information content (AvgIpc) is 2.34. The molecule has 1 aliphatic rings. The number of carbonyl (C=O) groups is 2. The first-order chi connectivity index (χ1) is 8.58. The molecule has 1 atom stereocenters. The summed E-state index contributed by atoms with van der Waals surface area (Å²) in [6, 6.07) is 1.78. The highest BCUT2D eigenvalue weighted by Gasteiger charge is 2.25. The van der Waals surface area contributed by atoms with E-state index in [1.54, 1.807) is 12.3 Å². The molecule has 1 fully saturated rings. The molecule has 2 amide bonds. The van der Waals surface area contributed by atoms with Crippen molar-refractivity contribution >= 4 is 29.1 Å². The van der Waals surface area contributed by atoms with Gasteiger partial charge in [0, 0.05) is 19.2 Å². The van der Waals surface area contributed by atoms with Gasteiger partial charge in [-0.15, -0.1) is 0 Å². The van der Waals surface area contributed by atoms with Crippen LogP contribution in [0.15, 0.2) is 12.3 Å². The Morgan fingerprint density at radius 2 is 2.39 bits per heavy atom. The molecule has 2 rings (SSSR count). The lowest BCUT2D eigenvalue weighted by atomic mass is 9.98. The average molecular weight is 268 g/mol. The molecule has 6 heteroatoms. The predicted molar refractivity (Wildman–Crippen MR) is 68.3 cm³/mol. The smallest absolute Gasteiger partial charge is 0.229 e. The van der Waals surface area contributed by atoms with Gasteiger partial charge in [-0.25, -0.2) is 4.98 Å². The number of rotatable bonds is 2. The highest BCUT2D eigenvalue weighted by Crippen LogP contribution is 2.24. The van der Waals surface area contributed by atoms with Crippen LogP contribution in [0.1, 0.15) is 18.4 Å². The van der Waals surface area contributed by atoms with E-state index in [2.05, 4.69) is 15.6 Å². The summed E-state index contributed by atoms with van der Waals surface area (Å²) in [5.41, 5.74) is 1.41. The number of anilines is 1. The molecule has 0 radical (unpaired) electrons. The molecule has 2 heterocycles. The standard InChI is InChI=1S/C12H14ClN3O2/c1-7-4-5-14-11(13)10(7)16-12(18)8-2-3-9(17)15-6-8/h4-5,8H,2-3,6H2,1H3,(H,15,17)(H,16,18). The maximum absolute atomic E-state index is 12.0. The molecule has 0 aromatic carbocycles. The molecule has 0 aliphatic carbocycles. The number of amides is 2. The number of hydrogen-bond acceptors (Lipinski definition) is 3. The summed E-state index contributed by atoms with van der Waals surface area (Å²) in [5, 5.41) is 5.74. The van der Waals surface area contributed by atoms with Crippen LogP contribution in [-0.4, -0.2) is 23.3 Å². The lowest BCUT2D eigenvalue weighted by Gasteiger charge is -2.22. The molecule has 96 valence electrons. The zero-order chi connectivity index (χ0) is 13.1. The fraction of sp³-hybridized carbons (Fsp3) is 0.417. The van der Waals surface area contributed by atoms with E-state index in [4.69, 9.17) is 11.6 Å². The molecule has 5 nitrogen and oxygen atoms in total. The lowest BCUT2D eigenvalue weighted by Crippen LogP contribution is -2.40. The zero-order valence-corrected chi connectivity index (χ0v) is 10.8. The SMILES string of the molecule is Cc1ccnc(Cl)c1NC(=O)C1CCC(=O)NC1. The van der Waals surface area contributed by atoms with E-state index >= 15 is 0 Å². The third-order valence-electron chi connectivity index (χ3n) is 3.00. The minimum Gasteiger partial charge on any atom is -0.355 e. The van der Waals surface area contributed by atoms with Gasteiger partial charge in [0.15, 0.2) is 5.15 Å². The zero-order valence-electron chi connectivity index (χ0n) is 10.00. The van der Waals surface area contributed by atoms with Crippen molar-refractivity contribution in [2.24, 2.45) is 5.92 Å². The Morgan fingerprint density at radius 1 is 1.61 bits per heavy atom. The molecule has 18 heavy (non-hydrogen) atoms. The van der Waals surface area contributed by atoms with Crippen LogP contribution in [0.25, 0.3) is 0 Å². The van der Waals surface area contributed by atoms with Crippen LogP contribution in [0.2, 0.25) is 5.15 Å². The summed E-state index contributed by atoms with van der Waals surface area (Å²) in [6.07, 6.45) is 2.54. The Bertz CT molecular complexity index is 460. The summed E-state index contributed by atoms with van der Waals surface area (Å²) in [7, 11) is 0. The van der Waals surface area contributed by atoms with Crippen molar-refractivity contribution in [2.75, 3.05) is 11.9 Å². The Labute approximate surface area is 110 Å². The van der Waals surface area contributed by atoms with Crippen LogP contribution in [0.4, 0.5) is 5.69 Å². The molecule has 0 saturated carbocycles. The fourth-order valence-corrected chi connectivity index (χ4v) is 2.11. The first-order valence-corrected chi connectivity index (χ1v) is 6.14. The van der Waals surface area contributed by atoms with E-state index in [1.807, 2.05) is 6.92 Å². The topological polar surface area (TPSA) is 71.1 Å². The van der Waals surface area contributed by atoms with Gasteiger partial charge >= 0.3 is 0 Å². The first kappa shape index (κ1) is 12.8. The van der Waals surface area contributed by atoms with Gasteiger partial charge in [0.1, 0.15) is 0 Å². The van der Waals surface area contributed by atoms with Crippen molar-refractivity contribution < 1.29 is 9.59 Å². The minimum atomic E-state index is -0.210. The summed E-state index contributed by atoms with van der Waals surface area (Å²) in [4.78, 5) is 27.0. The fourth-order valence-electron chi connectivity index (χ4n) is 1.86. The maximum atomic E-state index is 12.0. The van der Waals surface area contributed by atoms with Gasteiger partial charge in [0.25, 0.3) is 0 Å². The van der Waals surface area contributed by atoms with Gasteiger partial charge in [0.2, 0.25) is 11.8 Å². The Hall–Kier alpha value is -1.62. The molecule has 0 spiro atoms. The third kappa shape index (κ3) is 2.79. The van der Waals surface area contributed by atoms with Crippen LogP contribution in [-0.2, 0) is 9.59 Å². The molecule has 1 aliphatic heterocycles. The maximum Gasteiger partial charge on any atom is 0.229 e.